The fraction of sp³-hybridized carbons (Fsp3) is 0.133. The summed E-state index contributed by atoms with van der Waals surface area (Å²) in [5, 5.41) is 0. The maximum absolute atomic E-state index is 13.7. The van der Waals surface area contributed by atoms with Gasteiger partial charge >= 0.3 is 5.97 Å². The van der Waals surface area contributed by atoms with Gasteiger partial charge in [-0.1, -0.05) is 12.1 Å². The van der Waals surface area contributed by atoms with Crippen molar-refractivity contribution in [2.75, 3.05) is 20.0 Å². The Morgan fingerprint density at radius 3 is 2.30 bits per heavy atom. The number of anilines is 1. The lowest BCUT2D eigenvalue weighted by Crippen LogP contribution is -2.05. The number of rotatable bonds is 3. The first kappa shape index (κ1) is 13.9. The molecule has 0 aliphatic heterocycles. The van der Waals surface area contributed by atoms with Gasteiger partial charge in [0.25, 0.3) is 0 Å². The van der Waals surface area contributed by atoms with Crippen LogP contribution in [-0.4, -0.2) is 20.2 Å². The minimum Gasteiger partial charge on any atom is -0.494 e. The highest BCUT2D eigenvalue weighted by Crippen LogP contribution is 2.28. The van der Waals surface area contributed by atoms with Crippen LogP contribution in [-0.2, 0) is 4.74 Å². The van der Waals surface area contributed by atoms with Gasteiger partial charge in [-0.25, -0.2) is 9.18 Å². The highest BCUT2D eigenvalue weighted by atomic mass is 19.1. The second kappa shape index (κ2) is 5.61. The van der Waals surface area contributed by atoms with Crippen LogP contribution in [0.15, 0.2) is 36.4 Å². The number of benzene rings is 2. The summed E-state index contributed by atoms with van der Waals surface area (Å²) in [4.78, 5) is 11.4. The smallest absolute Gasteiger partial charge is 0.339 e. The van der Waals surface area contributed by atoms with Crippen LogP contribution < -0.4 is 10.5 Å². The summed E-state index contributed by atoms with van der Waals surface area (Å²) in [5.41, 5.74) is 7.73. The number of hydrogen-bond acceptors (Lipinski definition) is 4. The molecule has 0 atom stereocenters. The molecule has 104 valence electrons. The SMILES string of the molecule is COC(=O)c1ccc(-c2ccc(OC)c(F)c2)cc1N. The van der Waals surface area contributed by atoms with Gasteiger partial charge < -0.3 is 15.2 Å². The topological polar surface area (TPSA) is 61.5 Å². The molecule has 0 aromatic heterocycles. The molecule has 0 aliphatic rings. The molecule has 0 heterocycles. The molecule has 4 nitrogen and oxygen atoms in total. The third-order valence-electron chi connectivity index (χ3n) is 2.94. The summed E-state index contributed by atoms with van der Waals surface area (Å²) in [6.45, 7) is 0. The molecule has 5 heteroatoms. The Kier molecular flexibility index (Phi) is 3.89. The normalized spacial score (nSPS) is 10.2. The Balaban J connectivity index is 2.41. The summed E-state index contributed by atoms with van der Waals surface area (Å²) in [6, 6.07) is 9.45. The minimum absolute atomic E-state index is 0.174. The van der Waals surface area contributed by atoms with E-state index in [9.17, 15) is 9.18 Å². The number of carbonyl (C=O) groups excluding carboxylic acids is 1. The van der Waals surface area contributed by atoms with Crippen LogP contribution in [0.3, 0.4) is 0 Å². The summed E-state index contributed by atoms with van der Waals surface area (Å²) in [5.74, 6) is -0.788. The lowest BCUT2D eigenvalue weighted by Gasteiger charge is -2.08. The lowest BCUT2D eigenvalue weighted by atomic mass is 10.0. The van der Waals surface area contributed by atoms with Gasteiger partial charge in [0.05, 0.1) is 19.8 Å². The van der Waals surface area contributed by atoms with Gasteiger partial charge in [0.15, 0.2) is 11.6 Å². The fourth-order valence-corrected chi connectivity index (χ4v) is 1.88. The summed E-state index contributed by atoms with van der Waals surface area (Å²) >= 11 is 0. The quantitative estimate of drug-likeness (QED) is 0.691. The van der Waals surface area contributed by atoms with Crippen molar-refractivity contribution in [1.82, 2.24) is 0 Å². The largest absolute Gasteiger partial charge is 0.494 e. The van der Waals surface area contributed by atoms with E-state index in [-0.39, 0.29) is 17.0 Å². The van der Waals surface area contributed by atoms with Crippen LogP contribution in [0.5, 0.6) is 5.75 Å². The molecular weight excluding hydrogens is 261 g/mol. The van der Waals surface area contributed by atoms with Crippen LogP contribution >= 0.6 is 0 Å². The average Bonchev–Trinajstić information content (AvgIpc) is 2.46. The zero-order chi connectivity index (χ0) is 14.7. The molecule has 0 fully saturated rings. The number of carbonyl (C=O) groups is 1. The third-order valence-corrected chi connectivity index (χ3v) is 2.94. The van der Waals surface area contributed by atoms with E-state index in [1.54, 1.807) is 24.3 Å². The minimum atomic E-state index is -0.505. The molecule has 0 radical (unpaired) electrons. The van der Waals surface area contributed by atoms with Gasteiger partial charge in [0.1, 0.15) is 0 Å². The van der Waals surface area contributed by atoms with Crippen LogP contribution in [0.1, 0.15) is 10.4 Å². The number of nitrogens with two attached hydrogens (primary N) is 1. The van der Waals surface area contributed by atoms with Gasteiger partial charge in [-0.15, -0.1) is 0 Å². The molecule has 0 amide bonds. The zero-order valence-corrected chi connectivity index (χ0v) is 11.1. The maximum Gasteiger partial charge on any atom is 0.339 e. The van der Waals surface area contributed by atoms with E-state index in [2.05, 4.69) is 4.74 Å². The monoisotopic (exact) mass is 275 g/mol. The second-order valence-corrected chi connectivity index (χ2v) is 4.14. The molecule has 2 aromatic rings. The van der Waals surface area contributed by atoms with E-state index in [0.29, 0.717) is 11.1 Å². The van der Waals surface area contributed by atoms with Crippen molar-refractivity contribution >= 4 is 11.7 Å². The van der Waals surface area contributed by atoms with Crippen LogP contribution in [0.25, 0.3) is 11.1 Å². The number of esters is 1. The summed E-state index contributed by atoms with van der Waals surface area (Å²) in [7, 11) is 2.69. The first-order valence-electron chi connectivity index (χ1n) is 5.88. The molecule has 20 heavy (non-hydrogen) atoms. The molecule has 2 N–H and O–H groups in total. The van der Waals surface area contributed by atoms with E-state index in [1.807, 2.05) is 0 Å². The summed E-state index contributed by atoms with van der Waals surface area (Å²) < 4.78 is 23.1. The highest BCUT2D eigenvalue weighted by molar-refractivity contribution is 5.96. The molecule has 0 spiro atoms. The molecule has 0 unspecified atom stereocenters. The van der Waals surface area contributed by atoms with E-state index >= 15 is 0 Å². The Bertz CT molecular complexity index is 656. The predicted molar refractivity (Wildman–Crippen MR) is 74.1 cm³/mol. The third kappa shape index (κ3) is 2.56. The van der Waals surface area contributed by atoms with E-state index in [0.717, 1.165) is 0 Å². The molecule has 0 saturated heterocycles. The number of nitrogen functional groups attached to an aromatic ring is 1. The Labute approximate surface area is 115 Å². The number of ether oxygens (including phenoxy) is 2. The Morgan fingerprint density at radius 1 is 1.10 bits per heavy atom. The van der Waals surface area contributed by atoms with Crippen molar-refractivity contribution in [1.29, 1.82) is 0 Å². The van der Waals surface area contributed by atoms with Crippen LogP contribution in [0.2, 0.25) is 0 Å². The van der Waals surface area contributed by atoms with Crippen molar-refractivity contribution in [3.63, 3.8) is 0 Å². The number of methoxy groups -OCH3 is 2. The summed E-state index contributed by atoms with van der Waals surface area (Å²) in [6.07, 6.45) is 0. The molecule has 2 aromatic carbocycles. The standard InChI is InChI=1S/C15H14FNO3/c1-19-14-6-4-9(7-12(14)16)10-3-5-11(13(17)8-10)15(18)20-2/h3-8H,17H2,1-2H3. The van der Waals surface area contributed by atoms with Crippen molar-refractivity contribution in [2.45, 2.75) is 0 Å². The van der Waals surface area contributed by atoms with Crippen molar-refractivity contribution in [2.24, 2.45) is 0 Å². The lowest BCUT2D eigenvalue weighted by molar-refractivity contribution is 0.0602. The van der Waals surface area contributed by atoms with Gasteiger partial charge in [0.2, 0.25) is 0 Å². The van der Waals surface area contributed by atoms with Gasteiger partial charge in [0, 0.05) is 5.69 Å². The zero-order valence-electron chi connectivity index (χ0n) is 11.1. The molecular formula is C15H14FNO3. The van der Waals surface area contributed by atoms with E-state index in [4.69, 9.17) is 10.5 Å². The molecule has 0 bridgehead atoms. The molecule has 2 rings (SSSR count). The van der Waals surface area contributed by atoms with Gasteiger partial charge in [-0.05, 0) is 35.4 Å². The second-order valence-electron chi connectivity index (χ2n) is 4.14. The molecule has 0 saturated carbocycles. The van der Waals surface area contributed by atoms with Crippen LogP contribution in [0, 0.1) is 5.82 Å². The van der Waals surface area contributed by atoms with Crippen molar-refractivity contribution in [3.8, 4) is 16.9 Å². The number of halogens is 1. The van der Waals surface area contributed by atoms with Crippen LogP contribution in [0.4, 0.5) is 10.1 Å². The van der Waals surface area contributed by atoms with E-state index < -0.39 is 11.8 Å². The Morgan fingerprint density at radius 2 is 1.75 bits per heavy atom. The Hall–Kier alpha value is -2.56. The van der Waals surface area contributed by atoms with Gasteiger partial charge in [-0.3, -0.25) is 0 Å². The number of hydrogen-bond donors (Lipinski definition) is 1. The fourth-order valence-electron chi connectivity index (χ4n) is 1.88. The first-order valence-corrected chi connectivity index (χ1v) is 5.88. The van der Waals surface area contributed by atoms with Gasteiger partial charge in [-0.2, -0.15) is 0 Å². The van der Waals surface area contributed by atoms with Crippen molar-refractivity contribution in [3.05, 3.63) is 47.8 Å². The predicted octanol–water partition coefficient (Wildman–Crippen LogP) is 2.87. The van der Waals surface area contributed by atoms with Crippen molar-refractivity contribution < 1.29 is 18.7 Å². The molecule has 0 aliphatic carbocycles. The maximum atomic E-state index is 13.7. The highest BCUT2D eigenvalue weighted by Gasteiger charge is 2.11. The van der Waals surface area contributed by atoms with E-state index in [1.165, 1.54) is 26.4 Å². The first-order chi connectivity index (χ1) is 9.56. The average molecular weight is 275 g/mol.